The minimum atomic E-state index is -1.26. The lowest BCUT2D eigenvalue weighted by molar-refractivity contribution is -0.139. The average Bonchev–Trinajstić information content (AvgIpc) is 2.87. The van der Waals surface area contributed by atoms with Gasteiger partial charge in [0, 0.05) is 19.7 Å². The molecule has 1 heterocycles. The van der Waals surface area contributed by atoms with Gasteiger partial charge in [0.2, 0.25) is 0 Å². The Kier molecular flexibility index (Phi) is 11.2. The lowest BCUT2D eigenvalue weighted by atomic mass is 10.1. The standard InChI is InChI=1S/C29H39FN4O7/c1-29(2,3)41-28(38)34-17-21(18-34)39-16-8-14-33(25-22(30)11-7-12-23(25)31)15-13-24(26(35)36)32-27(37)40-19-20-9-5-4-6-10-20/h4-7,9-12,21,24H,8,13-19,31H2,1-3H3,(H,32,37)(H,35,36)/t24-/m0/s1. The Bertz CT molecular complexity index is 1150. The van der Waals surface area contributed by atoms with Crippen LogP contribution in [0.3, 0.4) is 0 Å². The second-order valence-corrected chi connectivity index (χ2v) is 10.8. The van der Waals surface area contributed by atoms with E-state index in [1.54, 1.807) is 60.9 Å². The zero-order chi connectivity index (χ0) is 30.0. The van der Waals surface area contributed by atoms with Gasteiger partial charge in [-0.05, 0) is 51.3 Å². The monoisotopic (exact) mass is 574 g/mol. The van der Waals surface area contributed by atoms with E-state index in [1.807, 2.05) is 6.07 Å². The SMILES string of the molecule is CC(C)(C)OC(=O)N1CC(OCCCN(CC[C@H](NC(=O)OCc2ccccc2)C(=O)O)c2c(N)cccc2F)C1. The summed E-state index contributed by atoms with van der Waals surface area (Å²) < 4.78 is 31.1. The number of nitrogens with one attached hydrogen (secondary N) is 1. The third-order valence-electron chi connectivity index (χ3n) is 6.25. The van der Waals surface area contributed by atoms with Gasteiger partial charge in [-0.2, -0.15) is 0 Å². The largest absolute Gasteiger partial charge is 0.480 e. The number of carbonyl (C=O) groups is 3. The molecule has 0 bridgehead atoms. The summed E-state index contributed by atoms with van der Waals surface area (Å²) >= 11 is 0. The second kappa shape index (κ2) is 14.5. The molecule has 1 fully saturated rings. The maximum atomic E-state index is 14.8. The van der Waals surface area contributed by atoms with Crippen molar-refractivity contribution in [1.82, 2.24) is 10.2 Å². The van der Waals surface area contributed by atoms with Crippen molar-refractivity contribution in [3.63, 3.8) is 0 Å². The number of hydrogen-bond donors (Lipinski definition) is 3. The van der Waals surface area contributed by atoms with Crippen molar-refractivity contribution in [1.29, 1.82) is 0 Å². The van der Waals surface area contributed by atoms with Crippen LogP contribution in [0.2, 0.25) is 0 Å². The summed E-state index contributed by atoms with van der Waals surface area (Å²) in [7, 11) is 0. The molecule has 224 valence electrons. The molecule has 2 aromatic rings. The molecule has 2 aromatic carbocycles. The minimum Gasteiger partial charge on any atom is -0.480 e. The van der Waals surface area contributed by atoms with Crippen molar-refractivity contribution in [3.8, 4) is 0 Å². The van der Waals surface area contributed by atoms with Crippen molar-refractivity contribution in [2.75, 3.05) is 43.4 Å². The average molecular weight is 575 g/mol. The number of para-hydroxylation sites is 1. The number of likely N-dealkylation sites (tertiary alicyclic amines) is 1. The number of benzene rings is 2. The summed E-state index contributed by atoms with van der Waals surface area (Å²) in [6.45, 7) is 7.00. The molecule has 11 nitrogen and oxygen atoms in total. The third kappa shape index (κ3) is 10.1. The first-order valence-electron chi connectivity index (χ1n) is 13.5. The Labute approximate surface area is 239 Å². The summed E-state index contributed by atoms with van der Waals surface area (Å²) in [5, 5.41) is 12.1. The lowest BCUT2D eigenvalue weighted by Crippen LogP contribution is -2.56. The number of ether oxygens (including phenoxy) is 3. The molecule has 0 aliphatic carbocycles. The fourth-order valence-corrected chi connectivity index (χ4v) is 4.17. The van der Waals surface area contributed by atoms with Gasteiger partial charge >= 0.3 is 18.2 Å². The molecule has 0 aromatic heterocycles. The van der Waals surface area contributed by atoms with Gasteiger partial charge in [0.1, 0.15) is 24.1 Å². The Balaban J connectivity index is 1.51. The molecule has 1 aliphatic rings. The zero-order valence-electron chi connectivity index (χ0n) is 23.7. The number of aliphatic carboxylic acids is 1. The number of nitrogens with two attached hydrogens (primary N) is 1. The minimum absolute atomic E-state index is 0.00652. The molecule has 1 saturated heterocycles. The molecule has 0 unspecified atom stereocenters. The van der Waals surface area contributed by atoms with E-state index in [1.165, 1.54) is 12.1 Å². The Morgan fingerprint density at radius 1 is 1.12 bits per heavy atom. The Morgan fingerprint density at radius 2 is 1.83 bits per heavy atom. The fraction of sp³-hybridized carbons (Fsp3) is 0.483. The first-order valence-corrected chi connectivity index (χ1v) is 13.5. The number of hydrogen-bond acceptors (Lipinski definition) is 8. The van der Waals surface area contributed by atoms with Crippen LogP contribution >= 0.6 is 0 Å². The smallest absolute Gasteiger partial charge is 0.410 e. The van der Waals surface area contributed by atoms with Crippen LogP contribution in [-0.4, -0.2) is 78.7 Å². The van der Waals surface area contributed by atoms with Crippen LogP contribution in [0.5, 0.6) is 0 Å². The van der Waals surface area contributed by atoms with E-state index in [2.05, 4.69) is 5.32 Å². The first-order chi connectivity index (χ1) is 19.4. The number of carboxylic acids is 1. The van der Waals surface area contributed by atoms with Gasteiger partial charge in [0.25, 0.3) is 0 Å². The van der Waals surface area contributed by atoms with Crippen molar-refractivity contribution >= 4 is 29.5 Å². The highest BCUT2D eigenvalue weighted by Crippen LogP contribution is 2.27. The van der Waals surface area contributed by atoms with Crippen molar-refractivity contribution in [2.45, 2.75) is 58.0 Å². The van der Waals surface area contributed by atoms with Crippen molar-refractivity contribution in [2.24, 2.45) is 0 Å². The molecule has 0 radical (unpaired) electrons. The van der Waals surface area contributed by atoms with Gasteiger partial charge in [-0.1, -0.05) is 36.4 Å². The number of nitrogen functional groups attached to an aromatic ring is 1. The fourth-order valence-electron chi connectivity index (χ4n) is 4.17. The summed E-state index contributed by atoms with van der Waals surface area (Å²) in [5.41, 5.74) is 6.62. The van der Waals surface area contributed by atoms with E-state index in [9.17, 15) is 23.9 Å². The van der Waals surface area contributed by atoms with Crippen molar-refractivity contribution < 1.29 is 38.1 Å². The van der Waals surface area contributed by atoms with Gasteiger partial charge in [0.05, 0.1) is 30.6 Å². The van der Waals surface area contributed by atoms with Crippen LogP contribution in [0.1, 0.15) is 39.2 Å². The highest BCUT2D eigenvalue weighted by atomic mass is 19.1. The summed E-state index contributed by atoms with van der Waals surface area (Å²) in [4.78, 5) is 39.4. The van der Waals surface area contributed by atoms with E-state index < -0.39 is 29.5 Å². The van der Waals surface area contributed by atoms with Crippen molar-refractivity contribution in [3.05, 3.63) is 59.9 Å². The first kappa shape index (κ1) is 31.5. The predicted octanol–water partition coefficient (Wildman–Crippen LogP) is 4.01. The van der Waals surface area contributed by atoms with Crippen LogP contribution < -0.4 is 16.0 Å². The quantitative estimate of drug-likeness (QED) is 0.239. The van der Waals surface area contributed by atoms with Gasteiger partial charge < -0.3 is 40.2 Å². The van der Waals surface area contributed by atoms with Gasteiger partial charge in [-0.15, -0.1) is 0 Å². The molecular weight excluding hydrogens is 535 g/mol. The van der Waals surface area contributed by atoms with E-state index in [0.29, 0.717) is 32.7 Å². The summed E-state index contributed by atoms with van der Waals surface area (Å²) in [5.74, 6) is -1.79. The number of amides is 2. The molecule has 3 rings (SSSR count). The molecule has 2 amide bonds. The molecule has 1 aliphatic heterocycles. The number of nitrogens with zero attached hydrogens (tertiary/aromatic N) is 2. The molecule has 0 spiro atoms. The molecule has 41 heavy (non-hydrogen) atoms. The van der Waals surface area contributed by atoms with E-state index >= 15 is 0 Å². The number of anilines is 2. The van der Waals surface area contributed by atoms with Gasteiger partial charge in [-0.25, -0.2) is 18.8 Å². The van der Waals surface area contributed by atoms with Crippen LogP contribution in [0.25, 0.3) is 0 Å². The highest BCUT2D eigenvalue weighted by Gasteiger charge is 2.34. The topological polar surface area (TPSA) is 144 Å². The summed E-state index contributed by atoms with van der Waals surface area (Å²) in [6.07, 6.45) is -0.924. The van der Waals surface area contributed by atoms with E-state index in [-0.39, 0.29) is 43.1 Å². The third-order valence-corrected chi connectivity index (χ3v) is 6.25. The number of halogens is 1. The molecule has 0 saturated carbocycles. The van der Waals surface area contributed by atoms with Gasteiger partial charge in [-0.3, -0.25) is 0 Å². The van der Waals surface area contributed by atoms with Crippen LogP contribution in [0.15, 0.2) is 48.5 Å². The Hall–Kier alpha value is -4.06. The van der Waals surface area contributed by atoms with E-state index in [0.717, 1.165) is 5.56 Å². The number of alkyl carbamates (subject to hydrolysis) is 1. The lowest BCUT2D eigenvalue weighted by Gasteiger charge is -2.39. The van der Waals surface area contributed by atoms with Gasteiger partial charge in [0.15, 0.2) is 0 Å². The molecule has 1 atom stereocenters. The van der Waals surface area contributed by atoms with E-state index in [4.69, 9.17) is 19.9 Å². The maximum Gasteiger partial charge on any atom is 0.410 e. The molecule has 12 heteroatoms. The Morgan fingerprint density at radius 3 is 2.46 bits per heavy atom. The maximum absolute atomic E-state index is 14.8. The number of rotatable bonds is 13. The number of carbonyl (C=O) groups excluding carboxylic acids is 2. The normalized spacial score (nSPS) is 14.1. The predicted molar refractivity (Wildman–Crippen MR) is 151 cm³/mol. The highest BCUT2D eigenvalue weighted by molar-refractivity contribution is 5.80. The number of carboxylic acid groups (broad SMARTS) is 1. The summed E-state index contributed by atoms with van der Waals surface area (Å²) in [6, 6.07) is 12.1. The zero-order valence-corrected chi connectivity index (χ0v) is 23.7. The van der Waals surface area contributed by atoms with Crippen LogP contribution in [0, 0.1) is 5.82 Å². The van der Waals surface area contributed by atoms with Crippen LogP contribution in [0.4, 0.5) is 25.4 Å². The molecule has 4 N–H and O–H groups in total. The van der Waals surface area contributed by atoms with Crippen LogP contribution in [-0.2, 0) is 25.6 Å². The molecular formula is C29H39FN4O7. The second-order valence-electron chi connectivity index (χ2n) is 10.8.